The van der Waals surface area contributed by atoms with Crippen molar-refractivity contribution in [3.8, 4) is 5.69 Å². The fourth-order valence-electron chi connectivity index (χ4n) is 3.19. The second kappa shape index (κ2) is 9.14. The van der Waals surface area contributed by atoms with Crippen molar-refractivity contribution >= 4 is 34.4 Å². The lowest BCUT2D eigenvalue weighted by atomic mass is 10.2. The van der Waals surface area contributed by atoms with Crippen molar-refractivity contribution in [1.82, 2.24) is 14.5 Å². The van der Waals surface area contributed by atoms with E-state index in [4.69, 9.17) is 4.98 Å². The number of carbonyl (C=O) groups excluding carboxylic acids is 1. The Balaban J connectivity index is 1.72. The Kier molecular flexibility index (Phi) is 6.13. The third-order valence-electron chi connectivity index (χ3n) is 4.83. The molecule has 156 valence electrons. The zero-order chi connectivity index (χ0) is 21.8. The molecule has 0 spiro atoms. The zero-order valence-corrected chi connectivity index (χ0v) is 18.1. The van der Waals surface area contributed by atoms with Crippen molar-refractivity contribution < 1.29 is 4.79 Å². The lowest BCUT2D eigenvalue weighted by Crippen LogP contribution is -2.28. The van der Waals surface area contributed by atoms with Crippen molar-refractivity contribution in [2.75, 3.05) is 5.32 Å². The van der Waals surface area contributed by atoms with Gasteiger partial charge in [0.2, 0.25) is 5.91 Å². The van der Waals surface area contributed by atoms with E-state index in [1.54, 1.807) is 22.9 Å². The number of para-hydroxylation sites is 2. The van der Waals surface area contributed by atoms with E-state index in [-0.39, 0.29) is 11.5 Å². The summed E-state index contributed by atoms with van der Waals surface area (Å²) in [5, 5.41) is 3.45. The lowest BCUT2D eigenvalue weighted by molar-refractivity contribution is -0.115. The summed E-state index contributed by atoms with van der Waals surface area (Å²) < 4.78 is 1.58. The van der Waals surface area contributed by atoms with E-state index in [2.05, 4.69) is 10.3 Å². The predicted molar refractivity (Wildman–Crippen MR) is 125 cm³/mol. The molecule has 6 nitrogen and oxygen atoms in total. The number of nitrogens with one attached hydrogen (secondary N) is 1. The van der Waals surface area contributed by atoms with Crippen molar-refractivity contribution in [2.24, 2.45) is 0 Å². The van der Waals surface area contributed by atoms with Crippen LogP contribution in [0.25, 0.3) is 16.6 Å². The van der Waals surface area contributed by atoms with Crippen LogP contribution < -0.4 is 10.9 Å². The Bertz CT molecular complexity index is 1270. The molecule has 0 aliphatic carbocycles. The average molecular weight is 431 g/mol. The average Bonchev–Trinajstić information content (AvgIpc) is 2.79. The quantitative estimate of drug-likeness (QED) is 0.357. The highest BCUT2D eigenvalue weighted by molar-refractivity contribution is 8.00. The number of amides is 1. The monoisotopic (exact) mass is 430 g/mol. The first-order valence-corrected chi connectivity index (χ1v) is 10.9. The van der Waals surface area contributed by atoms with Gasteiger partial charge in [0, 0.05) is 6.20 Å². The molecular formula is C24H22N4O2S. The van der Waals surface area contributed by atoms with E-state index in [0.29, 0.717) is 34.0 Å². The van der Waals surface area contributed by atoms with E-state index >= 15 is 0 Å². The maximum absolute atomic E-state index is 13.3. The molecule has 7 heteroatoms. The molecular weight excluding hydrogens is 408 g/mol. The van der Waals surface area contributed by atoms with Crippen LogP contribution in [-0.2, 0) is 4.79 Å². The Morgan fingerprint density at radius 1 is 1.06 bits per heavy atom. The zero-order valence-electron chi connectivity index (χ0n) is 17.3. The minimum absolute atomic E-state index is 0.158. The van der Waals surface area contributed by atoms with Crippen LogP contribution in [0.15, 0.2) is 82.9 Å². The van der Waals surface area contributed by atoms with Gasteiger partial charge in [0.15, 0.2) is 5.16 Å². The standard InChI is InChI=1S/C24H22N4O2S/c1-3-20(22(29)27-21-14-13-16(2)15-25-21)31-24-26-19-12-8-7-11-18(19)23(30)28(24)17-9-5-4-6-10-17/h4-15,20H,3H2,1-2H3,(H,25,27,29). The Morgan fingerprint density at radius 3 is 2.52 bits per heavy atom. The third kappa shape index (κ3) is 4.51. The molecule has 0 aliphatic rings. The van der Waals surface area contributed by atoms with Gasteiger partial charge in [-0.15, -0.1) is 0 Å². The minimum atomic E-state index is -0.439. The van der Waals surface area contributed by atoms with Crippen LogP contribution in [0.4, 0.5) is 5.82 Å². The van der Waals surface area contributed by atoms with Gasteiger partial charge in [-0.25, -0.2) is 9.97 Å². The molecule has 31 heavy (non-hydrogen) atoms. The summed E-state index contributed by atoms with van der Waals surface area (Å²) in [5.74, 6) is 0.326. The molecule has 4 rings (SSSR count). The summed E-state index contributed by atoms with van der Waals surface area (Å²) in [5.41, 5.74) is 2.18. The molecule has 1 unspecified atom stereocenters. The molecule has 0 fully saturated rings. The van der Waals surface area contributed by atoms with Gasteiger partial charge >= 0.3 is 0 Å². The molecule has 2 aromatic carbocycles. The van der Waals surface area contributed by atoms with E-state index in [9.17, 15) is 9.59 Å². The summed E-state index contributed by atoms with van der Waals surface area (Å²) in [6.07, 6.45) is 2.28. The Hall–Kier alpha value is -3.45. The molecule has 2 heterocycles. The highest BCUT2D eigenvalue weighted by atomic mass is 32.2. The summed E-state index contributed by atoms with van der Waals surface area (Å²) in [7, 11) is 0. The fraction of sp³-hybridized carbons (Fsp3) is 0.167. The highest BCUT2D eigenvalue weighted by Crippen LogP contribution is 2.27. The molecule has 0 radical (unpaired) electrons. The number of nitrogens with zero attached hydrogens (tertiary/aromatic N) is 3. The van der Waals surface area contributed by atoms with Crippen molar-refractivity contribution in [2.45, 2.75) is 30.7 Å². The second-order valence-corrected chi connectivity index (χ2v) is 8.28. The summed E-state index contributed by atoms with van der Waals surface area (Å²) in [6.45, 7) is 3.88. The molecule has 0 bridgehead atoms. The van der Waals surface area contributed by atoms with Crippen LogP contribution in [0.2, 0.25) is 0 Å². The molecule has 1 N–H and O–H groups in total. The fourth-order valence-corrected chi connectivity index (χ4v) is 4.23. The number of carbonyl (C=O) groups is 1. The van der Waals surface area contributed by atoms with Crippen molar-refractivity contribution in [1.29, 1.82) is 0 Å². The normalized spacial score (nSPS) is 11.9. The molecule has 4 aromatic rings. The first-order valence-electron chi connectivity index (χ1n) is 10.0. The number of aromatic nitrogens is 3. The molecule has 2 aromatic heterocycles. The molecule has 1 atom stereocenters. The van der Waals surface area contributed by atoms with E-state index in [1.807, 2.05) is 68.4 Å². The van der Waals surface area contributed by atoms with E-state index in [0.717, 1.165) is 5.56 Å². The smallest absolute Gasteiger partial charge is 0.266 e. The van der Waals surface area contributed by atoms with Gasteiger partial charge in [0.05, 0.1) is 21.8 Å². The van der Waals surface area contributed by atoms with Gasteiger partial charge in [-0.2, -0.15) is 0 Å². The van der Waals surface area contributed by atoms with Crippen LogP contribution >= 0.6 is 11.8 Å². The van der Waals surface area contributed by atoms with Crippen LogP contribution in [0.5, 0.6) is 0 Å². The topological polar surface area (TPSA) is 76.9 Å². The van der Waals surface area contributed by atoms with Gasteiger partial charge in [0.1, 0.15) is 5.82 Å². The number of rotatable bonds is 6. The predicted octanol–water partition coefficient (Wildman–Crippen LogP) is 4.60. The third-order valence-corrected chi connectivity index (χ3v) is 6.15. The van der Waals surface area contributed by atoms with Crippen molar-refractivity contribution in [3.05, 3.63) is 88.8 Å². The van der Waals surface area contributed by atoms with Gasteiger partial charge < -0.3 is 5.32 Å². The SMILES string of the molecule is CCC(Sc1nc2ccccc2c(=O)n1-c1ccccc1)C(=O)Nc1ccc(C)cn1. The van der Waals surface area contributed by atoms with Gasteiger partial charge in [-0.3, -0.25) is 14.2 Å². The summed E-state index contributed by atoms with van der Waals surface area (Å²) in [4.78, 5) is 35.2. The largest absolute Gasteiger partial charge is 0.310 e. The second-order valence-electron chi connectivity index (χ2n) is 7.11. The number of fused-ring (bicyclic) bond motifs is 1. The highest BCUT2D eigenvalue weighted by Gasteiger charge is 2.23. The lowest BCUT2D eigenvalue weighted by Gasteiger charge is -2.18. The molecule has 0 saturated heterocycles. The van der Waals surface area contributed by atoms with Crippen LogP contribution in [0.1, 0.15) is 18.9 Å². The number of hydrogen-bond acceptors (Lipinski definition) is 5. The molecule has 0 saturated carbocycles. The maximum Gasteiger partial charge on any atom is 0.266 e. The van der Waals surface area contributed by atoms with Gasteiger partial charge in [0.25, 0.3) is 5.56 Å². The Morgan fingerprint density at radius 2 is 1.81 bits per heavy atom. The minimum Gasteiger partial charge on any atom is -0.310 e. The number of pyridine rings is 1. The maximum atomic E-state index is 13.3. The first-order chi connectivity index (χ1) is 15.1. The molecule has 1 amide bonds. The summed E-state index contributed by atoms with van der Waals surface area (Å²) >= 11 is 1.28. The van der Waals surface area contributed by atoms with Crippen LogP contribution in [0.3, 0.4) is 0 Å². The number of anilines is 1. The van der Waals surface area contributed by atoms with Crippen LogP contribution in [-0.4, -0.2) is 25.7 Å². The number of benzene rings is 2. The Labute approximate surface area is 184 Å². The van der Waals surface area contributed by atoms with Crippen LogP contribution in [0, 0.1) is 6.92 Å². The van der Waals surface area contributed by atoms with E-state index in [1.165, 1.54) is 11.8 Å². The van der Waals surface area contributed by atoms with Gasteiger partial charge in [-0.05, 0) is 49.2 Å². The molecule has 0 aliphatic heterocycles. The van der Waals surface area contributed by atoms with E-state index < -0.39 is 5.25 Å². The number of aryl methyl sites for hydroxylation is 1. The number of thioether (sulfide) groups is 1. The van der Waals surface area contributed by atoms with Crippen molar-refractivity contribution in [3.63, 3.8) is 0 Å². The summed E-state index contributed by atoms with van der Waals surface area (Å²) in [6, 6.07) is 20.3. The number of hydrogen-bond donors (Lipinski definition) is 1. The van der Waals surface area contributed by atoms with Gasteiger partial charge in [-0.1, -0.05) is 55.1 Å². The first kappa shape index (κ1) is 20.8.